The molecule has 6 heteroatoms. The van der Waals surface area contributed by atoms with E-state index in [0.29, 0.717) is 32.3 Å². The first-order valence-electron chi connectivity index (χ1n) is 5.60. The van der Waals surface area contributed by atoms with Crippen LogP contribution in [0.1, 0.15) is 0 Å². The second-order valence-corrected chi connectivity index (χ2v) is 3.81. The first-order valence-corrected chi connectivity index (χ1v) is 5.60. The largest absolute Gasteiger partial charge is 0.486 e. The third kappa shape index (κ3) is 1.87. The van der Waals surface area contributed by atoms with Crippen molar-refractivity contribution in [3.63, 3.8) is 0 Å². The molecule has 0 bridgehead atoms. The van der Waals surface area contributed by atoms with Crippen molar-refractivity contribution in [3.8, 4) is 11.5 Å². The van der Waals surface area contributed by atoms with Gasteiger partial charge in [-0.3, -0.25) is 0 Å². The Morgan fingerprint density at radius 1 is 1.29 bits per heavy atom. The predicted octanol–water partition coefficient (Wildman–Crippen LogP) is 0.705. The summed E-state index contributed by atoms with van der Waals surface area (Å²) in [7, 11) is 0. The lowest BCUT2D eigenvalue weighted by atomic mass is 10.2. The first kappa shape index (κ1) is 10.2. The zero-order valence-corrected chi connectivity index (χ0v) is 9.32. The highest BCUT2D eigenvalue weighted by molar-refractivity contribution is 5.81. The number of hydrogen-bond donors (Lipinski definition) is 3. The smallest absolute Gasteiger partial charge is 0.201 e. The number of rotatable bonds is 3. The number of ether oxygens (including phenoxy) is 2. The Morgan fingerprint density at radius 2 is 2.06 bits per heavy atom. The molecule has 3 rings (SSSR count). The highest BCUT2D eigenvalue weighted by Gasteiger charge is 2.14. The number of anilines is 1. The van der Waals surface area contributed by atoms with Crippen molar-refractivity contribution in [2.75, 3.05) is 31.6 Å². The number of aromatic nitrogens is 2. The molecule has 0 aliphatic carbocycles. The standard InChI is InChI=1S/C11H14N4O2/c12-1-2-13-11-14-7-5-9-10(6-8(7)15-11)17-4-3-16-9/h5-6H,1-4,12H2,(H2,13,14,15). The molecule has 90 valence electrons. The van der Waals surface area contributed by atoms with Crippen LogP contribution in [0.2, 0.25) is 0 Å². The summed E-state index contributed by atoms with van der Waals surface area (Å²) in [5.41, 5.74) is 7.21. The molecule has 17 heavy (non-hydrogen) atoms. The summed E-state index contributed by atoms with van der Waals surface area (Å²) in [5, 5.41) is 3.10. The molecule has 0 atom stereocenters. The summed E-state index contributed by atoms with van der Waals surface area (Å²) in [4.78, 5) is 7.57. The summed E-state index contributed by atoms with van der Waals surface area (Å²) in [6.07, 6.45) is 0. The lowest BCUT2D eigenvalue weighted by Gasteiger charge is -2.17. The molecule has 1 aliphatic heterocycles. The van der Waals surface area contributed by atoms with Gasteiger partial charge in [-0.25, -0.2) is 4.98 Å². The lowest BCUT2D eigenvalue weighted by Crippen LogP contribution is -2.15. The molecule has 2 aromatic rings. The number of benzene rings is 1. The molecule has 0 saturated carbocycles. The SMILES string of the molecule is NCCNc1nc2cc3c(cc2[nH]1)OCCO3. The van der Waals surface area contributed by atoms with Gasteiger partial charge in [0.1, 0.15) is 13.2 Å². The molecule has 0 unspecified atom stereocenters. The maximum Gasteiger partial charge on any atom is 0.201 e. The first-order chi connectivity index (χ1) is 8.36. The van der Waals surface area contributed by atoms with Crippen molar-refractivity contribution >= 4 is 17.0 Å². The average Bonchev–Trinajstić information content (AvgIpc) is 2.75. The molecule has 0 radical (unpaired) electrons. The Balaban J connectivity index is 1.98. The van der Waals surface area contributed by atoms with Gasteiger partial charge in [0.05, 0.1) is 11.0 Å². The van der Waals surface area contributed by atoms with E-state index >= 15 is 0 Å². The van der Waals surface area contributed by atoms with Crippen LogP contribution in [0.15, 0.2) is 12.1 Å². The van der Waals surface area contributed by atoms with Crippen molar-refractivity contribution in [3.05, 3.63) is 12.1 Å². The summed E-state index contributed by atoms with van der Waals surface area (Å²) >= 11 is 0. The van der Waals surface area contributed by atoms with Crippen LogP contribution in [0.4, 0.5) is 5.95 Å². The summed E-state index contributed by atoms with van der Waals surface area (Å²) in [5.74, 6) is 2.23. The quantitative estimate of drug-likeness (QED) is 0.728. The van der Waals surface area contributed by atoms with E-state index in [1.54, 1.807) is 0 Å². The minimum absolute atomic E-state index is 0.569. The maximum atomic E-state index is 5.51. The van der Waals surface area contributed by atoms with Crippen molar-refractivity contribution in [1.82, 2.24) is 9.97 Å². The van der Waals surface area contributed by atoms with Gasteiger partial charge in [-0.15, -0.1) is 0 Å². The van der Waals surface area contributed by atoms with Crippen LogP contribution in [-0.2, 0) is 0 Å². The Hall–Kier alpha value is -1.95. The number of aromatic amines is 1. The van der Waals surface area contributed by atoms with Gasteiger partial charge in [-0.05, 0) is 0 Å². The third-order valence-corrected chi connectivity index (χ3v) is 2.58. The Kier molecular flexibility index (Phi) is 2.49. The van der Waals surface area contributed by atoms with Crippen molar-refractivity contribution in [1.29, 1.82) is 0 Å². The van der Waals surface area contributed by atoms with Crippen LogP contribution in [0.25, 0.3) is 11.0 Å². The fraction of sp³-hybridized carbons (Fsp3) is 0.364. The number of H-pyrrole nitrogens is 1. The Bertz CT molecular complexity index is 494. The molecule has 0 saturated heterocycles. The van der Waals surface area contributed by atoms with Gasteiger partial charge < -0.3 is 25.5 Å². The van der Waals surface area contributed by atoms with Crippen LogP contribution in [0.5, 0.6) is 11.5 Å². The molecule has 1 aromatic heterocycles. The van der Waals surface area contributed by atoms with Crippen LogP contribution in [-0.4, -0.2) is 36.3 Å². The van der Waals surface area contributed by atoms with E-state index in [1.165, 1.54) is 0 Å². The topological polar surface area (TPSA) is 85.2 Å². The van der Waals surface area contributed by atoms with E-state index in [0.717, 1.165) is 22.5 Å². The van der Waals surface area contributed by atoms with Crippen LogP contribution in [0.3, 0.4) is 0 Å². The number of imidazole rings is 1. The van der Waals surface area contributed by atoms with E-state index in [-0.39, 0.29) is 0 Å². The minimum atomic E-state index is 0.569. The molecular weight excluding hydrogens is 220 g/mol. The highest BCUT2D eigenvalue weighted by atomic mass is 16.6. The van der Waals surface area contributed by atoms with Gasteiger partial charge in [0, 0.05) is 25.2 Å². The zero-order valence-electron chi connectivity index (χ0n) is 9.32. The van der Waals surface area contributed by atoms with Crippen LogP contribution in [0, 0.1) is 0 Å². The van der Waals surface area contributed by atoms with Crippen LogP contribution < -0.4 is 20.5 Å². The van der Waals surface area contributed by atoms with E-state index in [9.17, 15) is 0 Å². The van der Waals surface area contributed by atoms with E-state index < -0.39 is 0 Å². The number of nitrogens with two attached hydrogens (primary N) is 1. The molecule has 0 fully saturated rings. The Labute approximate surface area is 98.1 Å². The molecule has 6 nitrogen and oxygen atoms in total. The molecule has 4 N–H and O–H groups in total. The number of nitrogens with one attached hydrogen (secondary N) is 2. The normalized spacial score (nSPS) is 13.9. The lowest BCUT2D eigenvalue weighted by molar-refractivity contribution is 0.172. The Morgan fingerprint density at radius 3 is 2.82 bits per heavy atom. The summed E-state index contributed by atoms with van der Waals surface area (Å²) in [6.45, 7) is 2.43. The van der Waals surface area contributed by atoms with Gasteiger partial charge in [0.2, 0.25) is 5.95 Å². The van der Waals surface area contributed by atoms with E-state index in [4.69, 9.17) is 15.2 Å². The fourth-order valence-corrected chi connectivity index (χ4v) is 1.82. The third-order valence-electron chi connectivity index (χ3n) is 2.58. The van der Waals surface area contributed by atoms with Gasteiger partial charge in [-0.1, -0.05) is 0 Å². The second kappa shape index (κ2) is 4.14. The average molecular weight is 234 g/mol. The zero-order chi connectivity index (χ0) is 11.7. The maximum absolute atomic E-state index is 5.51. The van der Waals surface area contributed by atoms with Crippen molar-refractivity contribution in [2.45, 2.75) is 0 Å². The molecular formula is C11H14N4O2. The van der Waals surface area contributed by atoms with Gasteiger partial charge in [0.15, 0.2) is 11.5 Å². The molecule has 0 amide bonds. The number of fused-ring (bicyclic) bond motifs is 2. The number of nitrogens with zero attached hydrogens (tertiary/aromatic N) is 1. The van der Waals surface area contributed by atoms with Gasteiger partial charge in [-0.2, -0.15) is 0 Å². The number of hydrogen-bond acceptors (Lipinski definition) is 5. The minimum Gasteiger partial charge on any atom is -0.486 e. The van der Waals surface area contributed by atoms with Crippen LogP contribution >= 0.6 is 0 Å². The molecule has 1 aromatic carbocycles. The van der Waals surface area contributed by atoms with E-state index in [1.807, 2.05) is 12.1 Å². The monoisotopic (exact) mass is 234 g/mol. The van der Waals surface area contributed by atoms with Gasteiger partial charge in [0.25, 0.3) is 0 Å². The summed E-state index contributed by atoms with van der Waals surface area (Å²) in [6, 6.07) is 3.79. The predicted molar refractivity (Wildman–Crippen MR) is 64.6 cm³/mol. The fourth-order valence-electron chi connectivity index (χ4n) is 1.82. The summed E-state index contributed by atoms with van der Waals surface area (Å²) < 4.78 is 11.0. The van der Waals surface area contributed by atoms with Crippen molar-refractivity contribution < 1.29 is 9.47 Å². The highest BCUT2D eigenvalue weighted by Crippen LogP contribution is 2.33. The molecule has 0 spiro atoms. The van der Waals surface area contributed by atoms with Crippen molar-refractivity contribution in [2.24, 2.45) is 5.73 Å². The second-order valence-electron chi connectivity index (χ2n) is 3.81. The molecule has 1 aliphatic rings. The van der Waals surface area contributed by atoms with Gasteiger partial charge >= 0.3 is 0 Å². The van der Waals surface area contributed by atoms with E-state index in [2.05, 4.69) is 15.3 Å². The molecule has 2 heterocycles.